The zero-order valence-electron chi connectivity index (χ0n) is 12.6. The van der Waals surface area contributed by atoms with E-state index in [1.807, 2.05) is 52.5 Å². The first kappa shape index (κ1) is 15.3. The van der Waals surface area contributed by atoms with Gasteiger partial charge in [-0.15, -0.1) is 11.3 Å². The number of nitrogens with zero attached hydrogens (tertiary/aromatic N) is 2. The quantitative estimate of drug-likeness (QED) is 0.677. The first-order valence-corrected chi connectivity index (χ1v) is 8.34. The summed E-state index contributed by atoms with van der Waals surface area (Å²) in [7, 11) is 0. The molecule has 0 aliphatic heterocycles. The van der Waals surface area contributed by atoms with Gasteiger partial charge in [-0.25, -0.2) is 9.78 Å². The molecule has 0 aliphatic rings. The summed E-state index contributed by atoms with van der Waals surface area (Å²) in [6.45, 7) is 1.46. The third-order valence-electron chi connectivity index (χ3n) is 3.40. The Hall–Kier alpha value is -2.60. The lowest BCUT2D eigenvalue weighted by atomic mass is 10.1. The average Bonchev–Trinajstić information content (AvgIpc) is 3.26. The van der Waals surface area contributed by atoms with Gasteiger partial charge >= 0.3 is 6.03 Å². The summed E-state index contributed by atoms with van der Waals surface area (Å²) in [5.41, 5.74) is 1.86. The maximum Gasteiger partial charge on any atom is 0.319 e. The number of imidazole rings is 1. The SMILES string of the molecule is O=C(NCCCn1ccnc1)Nc1ccccc1-c1cccs1. The van der Waals surface area contributed by atoms with Crippen LogP contribution in [0.25, 0.3) is 10.4 Å². The Kier molecular flexibility index (Phi) is 5.06. The van der Waals surface area contributed by atoms with Crippen LogP contribution in [0.15, 0.2) is 60.5 Å². The Morgan fingerprint density at radius 3 is 2.91 bits per heavy atom. The molecule has 0 aliphatic carbocycles. The van der Waals surface area contributed by atoms with Crippen molar-refractivity contribution in [3.63, 3.8) is 0 Å². The summed E-state index contributed by atoms with van der Waals surface area (Å²) in [5.74, 6) is 0. The number of aryl methyl sites for hydroxylation is 1. The number of urea groups is 1. The summed E-state index contributed by atoms with van der Waals surface area (Å²) in [6.07, 6.45) is 6.30. The second-order valence-electron chi connectivity index (χ2n) is 5.06. The Morgan fingerprint density at radius 1 is 1.22 bits per heavy atom. The highest BCUT2D eigenvalue weighted by molar-refractivity contribution is 7.13. The Morgan fingerprint density at radius 2 is 2.13 bits per heavy atom. The molecule has 1 aromatic carbocycles. The molecule has 5 nitrogen and oxygen atoms in total. The lowest BCUT2D eigenvalue weighted by Crippen LogP contribution is -2.30. The van der Waals surface area contributed by atoms with Crippen LogP contribution in [0.1, 0.15) is 6.42 Å². The van der Waals surface area contributed by atoms with E-state index >= 15 is 0 Å². The van der Waals surface area contributed by atoms with Crippen molar-refractivity contribution >= 4 is 23.1 Å². The third-order valence-corrected chi connectivity index (χ3v) is 4.30. The molecule has 2 heterocycles. The summed E-state index contributed by atoms with van der Waals surface area (Å²) in [5, 5.41) is 7.85. The maximum absolute atomic E-state index is 12.1. The van der Waals surface area contributed by atoms with E-state index in [1.165, 1.54) is 0 Å². The molecule has 2 amide bonds. The molecule has 3 rings (SSSR count). The van der Waals surface area contributed by atoms with Crippen LogP contribution in [0.3, 0.4) is 0 Å². The van der Waals surface area contributed by atoms with Gasteiger partial charge in [0.1, 0.15) is 0 Å². The van der Waals surface area contributed by atoms with Gasteiger partial charge in [-0.3, -0.25) is 0 Å². The number of thiophene rings is 1. The zero-order chi connectivity index (χ0) is 15.9. The summed E-state index contributed by atoms with van der Waals surface area (Å²) >= 11 is 1.66. The van der Waals surface area contributed by atoms with E-state index in [2.05, 4.69) is 15.6 Å². The van der Waals surface area contributed by atoms with Crippen LogP contribution in [0.2, 0.25) is 0 Å². The number of anilines is 1. The van der Waals surface area contributed by atoms with Gasteiger partial charge in [-0.2, -0.15) is 0 Å². The smallest absolute Gasteiger partial charge is 0.319 e. The Bertz CT molecular complexity index is 738. The molecule has 23 heavy (non-hydrogen) atoms. The fraction of sp³-hybridized carbons (Fsp3) is 0.176. The van der Waals surface area contributed by atoms with Gasteiger partial charge in [0, 0.05) is 35.9 Å². The first-order chi connectivity index (χ1) is 11.3. The van der Waals surface area contributed by atoms with E-state index in [9.17, 15) is 4.79 Å². The number of amides is 2. The zero-order valence-corrected chi connectivity index (χ0v) is 13.4. The highest BCUT2D eigenvalue weighted by Crippen LogP contribution is 2.31. The number of para-hydroxylation sites is 1. The van der Waals surface area contributed by atoms with Crippen molar-refractivity contribution in [1.29, 1.82) is 0 Å². The highest BCUT2D eigenvalue weighted by atomic mass is 32.1. The largest absolute Gasteiger partial charge is 0.338 e. The molecule has 2 aromatic heterocycles. The lowest BCUT2D eigenvalue weighted by molar-refractivity contribution is 0.252. The molecular weight excluding hydrogens is 308 g/mol. The predicted octanol–water partition coefficient (Wildman–Crippen LogP) is 3.82. The van der Waals surface area contributed by atoms with E-state index in [1.54, 1.807) is 23.9 Å². The molecule has 0 saturated carbocycles. The molecule has 0 saturated heterocycles. The van der Waals surface area contributed by atoms with Gasteiger partial charge in [-0.05, 0) is 23.9 Å². The monoisotopic (exact) mass is 326 g/mol. The summed E-state index contributed by atoms with van der Waals surface area (Å²) in [4.78, 5) is 17.2. The van der Waals surface area contributed by atoms with Gasteiger partial charge in [0.25, 0.3) is 0 Å². The normalized spacial score (nSPS) is 10.4. The van der Waals surface area contributed by atoms with Gasteiger partial charge < -0.3 is 15.2 Å². The van der Waals surface area contributed by atoms with Gasteiger partial charge in [-0.1, -0.05) is 24.3 Å². The number of hydrogen-bond acceptors (Lipinski definition) is 3. The van der Waals surface area contributed by atoms with E-state index in [4.69, 9.17) is 0 Å². The molecule has 3 aromatic rings. The van der Waals surface area contributed by atoms with Gasteiger partial charge in [0.05, 0.1) is 12.0 Å². The standard InChI is InChI=1S/C17H18N4OS/c22-17(19-8-4-10-21-11-9-18-13-21)20-15-6-2-1-5-14(15)16-7-3-12-23-16/h1-3,5-7,9,11-13H,4,8,10H2,(H2,19,20,22). The molecule has 0 atom stereocenters. The molecule has 0 spiro atoms. The maximum atomic E-state index is 12.1. The van der Waals surface area contributed by atoms with Crippen LogP contribution in [0.5, 0.6) is 0 Å². The van der Waals surface area contributed by atoms with Gasteiger partial charge in [0.2, 0.25) is 0 Å². The summed E-state index contributed by atoms with van der Waals surface area (Å²) in [6, 6.07) is 11.7. The molecule has 0 bridgehead atoms. The summed E-state index contributed by atoms with van der Waals surface area (Å²) < 4.78 is 1.99. The number of benzene rings is 1. The van der Waals surface area contributed by atoms with Crippen LogP contribution in [-0.4, -0.2) is 22.1 Å². The fourth-order valence-electron chi connectivity index (χ4n) is 2.29. The van der Waals surface area contributed by atoms with Crippen molar-refractivity contribution in [2.75, 3.05) is 11.9 Å². The number of nitrogens with one attached hydrogen (secondary N) is 2. The molecule has 6 heteroatoms. The van der Waals surface area contributed by atoms with Crippen LogP contribution in [0.4, 0.5) is 10.5 Å². The van der Waals surface area contributed by atoms with Crippen LogP contribution >= 0.6 is 11.3 Å². The Labute approximate surface area is 139 Å². The number of hydrogen-bond donors (Lipinski definition) is 2. The lowest BCUT2D eigenvalue weighted by Gasteiger charge is -2.11. The van der Waals surface area contributed by atoms with Crippen molar-refractivity contribution < 1.29 is 4.79 Å². The van der Waals surface area contributed by atoms with Crippen molar-refractivity contribution in [2.45, 2.75) is 13.0 Å². The molecule has 118 valence electrons. The second-order valence-corrected chi connectivity index (χ2v) is 6.01. The minimum atomic E-state index is -0.181. The van der Waals surface area contributed by atoms with E-state index in [0.29, 0.717) is 6.54 Å². The molecule has 2 N–H and O–H groups in total. The third kappa shape index (κ3) is 4.20. The molecule has 0 radical (unpaired) electrons. The molecular formula is C17H18N4OS. The second kappa shape index (κ2) is 7.60. The van der Waals surface area contributed by atoms with E-state index < -0.39 is 0 Å². The minimum Gasteiger partial charge on any atom is -0.338 e. The van der Waals surface area contributed by atoms with Gasteiger partial charge in [0.15, 0.2) is 0 Å². The van der Waals surface area contributed by atoms with Crippen LogP contribution < -0.4 is 10.6 Å². The van der Waals surface area contributed by atoms with Crippen molar-refractivity contribution in [1.82, 2.24) is 14.9 Å². The Balaban J connectivity index is 1.52. The molecule has 0 fully saturated rings. The van der Waals surface area contributed by atoms with Crippen LogP contribution in [0, 0.1) is 0 Å². The number of rotatable bonds is 6. The predicted molar refractivity (Wildman–Crippen MR) is 93.6 cm³/mol. The molecule has 0 unspecified atom stereocenters. The van der Waals surface area contributed by atoms with Crippen molar-refractivity contribution in [3.05, 3.63) is 60.5 Å². The topological polar surface area (TPSA) is 59.0 Å². The average molecular weight is 326 g/mol. The van der Waals surface area contributed by atoms with E-state index in [-0.39, 0.29) is 6.03 Å². The number of aromatic nitrogens is 2. The van der Waals surface area contributed by atoms with Crippen molar-refractivity contribution in [2.24, 2.45) is 0 Å². The van der Waals surface area contributed by atoms with E-state index in [0.717, 1.165) is 29.1 Å². The first-order valence-electron chi connectivity index (χ1n) is 7.46. The van der Waals surface area contributed by atoms with Crippen LogP contribution in [-0.2, 0) is 6.54 Å². The number of carbonyl (C=O) groups is 1. The van der Waals surface area contributed by atoms with Crippen molar-refractivity contribution in [3.8, 4) is 10.4 Å². The fourth-order valence-corrected chi connectivity index (χ4v) is 3.05. The minimum absolute atomic E-state index is 0.181. The number of carbonyl (C=O) groups excluding carboxylic acids is 1. The highest BCUT2D eigenvalue weighted by Gasteiger charge is 2.08.